The number of benzene rings is 2. The van der Waals surface area contributed by atoms with Gasteiger partial charge in [-0.3, -0.25) is 4.90 Å². The quantitative estimate of drug-likeness (QED) is 0.314. The Kier molecular flexibility index (Phi) is 8.10. The highest BCUT2D eigenvalue weighted by Crippen LogP contribution is 2.43. The van der Waals surface area contributed by atoms with E-state index in [4.69, 9.17) is 4.74 Å². The minimum atomic E-state index is -4.62. The van der Waals surface area contributed by atoms with Gasteiger partial charge < -0.3 is 14.3 Å². The number of nitrogens with one attached hydrogen (secondary N) is 1. The second kappa shape index (κ2) is 11.2. The first-order valence-electron chi connectivity index (χ1n) is 12.7. The minimum Gasteiger partial charge on any atom is -0.466 e. The number of H-pyrrole nitrogens is 1. The molecule has 1 aliphatic rings. The lowest BCUT2D eigenvalue weighted by Gasteiger charge is -2.36. The average molecular weight is 572 g/mol. The summed E-state index contributed by atoms with van der Waals surface area (Å²) in [4.78, 5) is 27.9. The molecule has 2 aromatic carbocycles. The fourth-order valence-corrected chi connectivity index (χ4v) is 5.04. The lowest BCUT2D eigenvalue weighted by molar-refractivity contribution is -0.890. The number of anilines is 2. The van der Waals surface area contributed by atoms with Gasteiger partial charge in [-0.05, 0) is 48.4 Å². The molecule has 0 bridgehead atoms. The Hall–Kier alpha value is -4.41. The number of rotatable bonds is 8. The van der Waals surface area contributed by atoms with Gasteiger partial charge in [0, 0.05) is 17.8 Å². The molecular formula is C28H30F3N6O4+. The van der Waals surface area contributed by atoms with E-state index in [1.54, 1.807) is 25.1 Å². The number of ether oxygens (including phenoxy) is 1. The summed E-state index contributed by atoms with van der Waals surface area (Å²) < 4.78 is 47.5. The Balaban J connectivity index is 1.96. The number of fused-ring (bicyclic) bond motifs is 1. The van der Waals surface area contributed by atoms with Gasteiger partial charge in [0.1, 0.15) is 12.6 Å². The van der Waals surface area contributed by atoms with Crippen LogP contribution in [0.4, 0.5) is 24.8 Å². The number of quaternary nitrogens is 1. The molecule has 10 nitrogen and oxygen atoms in total. The van der Waals surface area contributed by atoms with Gasteiger partial charge in [0.15, 0.2) is 0 Å². The third kappa shape index (κ3) is 5.75. The third-order valence-corrected chi connectivity index (χ3v) is 7.24. The second-order valence-corrected chi connectivity index (χ2v) is 10.4. The number of carbonyl (C=O) groups excluding carboxylic acids is 1. The van der Waals surface area contributed by atoms with Gasteiger partial charge in [-0.25, -0.2) is 19.3 Å². The fourth-order valence-electron chi connectivity index (χ4n) is 5.04. The van der Waals surface area contributed by atoms with Crippen molar-refractivity contribution in [1.29, 1.82) is 5.26 Å². The molecule has 13 heteroatoms. The predicted octanol–water partition coefficient (Wildman–Crippen LogP) is 3.26. The number of esters is 1. The van der Waals surface area contributed by atoms with Crippen LogP contribution < -0.4 is 10.6 Å². The molecule has 1 aromatic heterocycles. The molecule has 1 aliphatic heterocycles. The zero-order valence-electron chi connectivity index (χ0n) is 23.0. The first kappa shape index (κ1) is 29.6. The lowest BCUT2D eigenvalue weighted by atomic mass is 9.89. The summed E-state index contributed by atoms with van der Waals surface area (Å²) in [5.41, 5.74) is 0.267. The normalized spacial score (nSPS) is 15.5. The number of nitrogens with zero attached hydrogens (tertiary/aromatic N) is 5. The van der Waals surface area contributed by atoms with Crippen LogP contribution in [0.1, 0.15) is 35.2 Å². The van der Waals surface area contributed by atoms with E-state index in [9.17, 15) is 33.1 Å². The number of aliphatic hydroxyl groups excluding tert-OH is 1. The Morgan fingerprint density at radius 2 is 1.95 bits per heavy atom. The molecule has 4 rings (SSSR count). The molecule has 0 amide bonds. The van der Waals surface area contributed by atoms with Crippen LogP contribution in [0.5, 0.6) is 0 Å². The zero-order valence-corrected chi connectivity index (χ0v) is 23.0. The summed E-state index contributed by atoms with van der Waals surface area (Å²) in [7, 11) is 5.07. The number of aromatic amines is 1. The van der Waals surface area contributed by atoms with Crippen molar-refractivity contribution in [3.8, 4) is 6.07 Å². The minimum absolute atomic E-state index is 0.0174. The van der Waals surface area contributed by atoms with E-state index in [1.807, 2.05) is 14.1 Å². The topological polar surface area (TPSA) is 124 Å². The van der Waals surface area contributed by atoms with Gasteiger partial charge in [0.25, 0.3) is 0 Å². The van der Waals surface area contributed by atoms with Crippen LogP contribution in [0, 0.1) is 11.3 Å². The van der Waals surface area contributed by atoms with Crippen LogP contribution >= 0.6 is 0 Å². The Bertz CT molecular complexity index is 1600. The molecule has 0 fully saturated rings. The number of alkyl halides is 3. The summed E-state index contributed by atoms with van der Waals surface area (Å²) in [6, 6.07) is 10.5. The number of halogens is 3. The molecule has 0 aliphatic carbocycles. The van der Waals surface area contributed by atoms with E-state index in [0.29, 0.717) is 40.7 Å². The first-order valence-corrected chi connectivity index (χ1v) is 12.7. The Morgan fingerprint density at radius 3 is 2.59 bits per heavy atom. The van der Waals surface area contributed by atoms with Gasteiger partial charge in [-0.2, -0.15) is 18.4 Å². The maximum Gasteiger partial charge on any atom is 0.416 e. The molecule has 2 N–H and O–H groups in total. The van der Waals surface area contributed by atoms with Crippen LogP contribution in [0.2, 0.25) is 0 Å². The van der Waals surface area contributed by atoms with E-state index in [1.165, 1.54) is 28.7 Å². The van der Waals surface area contributed by atoms with Gasteiger partial charge in [0.2, 0.25) is 5.95 Å². The van der Waals surface area contributed by atoms with E-state index in [2.05, 4.69) is 16.3 Å². The predicted molar refractivity (Wildman–Crippen MR) is 143 cm³/mol. The van der Waals surface area contributed by atoms with Crippen molar-refractivity contribution in [3.63, 3.8) is 0 Å². The molecule has 41 heavy (non-hydrogen) atoms. The first-order chi connectivity index (χ1) is 19.3. The van der Waals surface area contributed by atoms with Gasteiger partial charge in [-0.1, -0.05) is 12.1 Å². The number of aromatic nitrogens is 3. The number of hydrogen-bond acceptors (Lipinski definition) is 7. The molecule has 0 saturated heterocycles. The van der Waals surface area contributed by atoms with Gasteiger partial charge in [0.05, 0.1) is 57.1 Å². The smallest absolute Gasteiger partial charge is 0.416 e. The van der Waals surface area contributed by atoms with Crippen LogP contribution in [0.3, 0.4) is 0 Å². The molecule has 2 heterocycles. The highest BCUT2D eigenvalue weighted by atomic mass is 19.4. The van der Waals surface area contributed by atoms with Crippen molar-refractivity contribution in [2.75, 3.05) is 45.8 Å². The fraction of sp³-hybridized carbons (Fsp3) is 0.357. The molecule has 1 atom stereocenters. The van der Waals surface area contributed by atoms with Crippen molar-refractivity contribution in [2.45, 2.75) is 25.6 Å². The maximum absolute atomic E-state index is 13.6. The van der Waals surface area contributed by atoms with Crippen molar-refractivity contribution in [1.82, 2.24) is 14.8 Å². The summed E-state index contributed by atoms with van der Waals surface area (Å²) in [5.74, 6) is -0.800. The van der Waals surface area contributed by atoms with Crippen molar-refractivity contribution in [2.24, 2.45) is 0 Å². The van der Waals surface area contributed by atoms with Crippen LogP contribution in [-0.4, -0.2) is 71.2 Å². The molecule has 0 radical (unpaired) electrons. The highest BCUT2D eigenvalue weighted by molar-refractivity contribution is 5.93. The average Bonchev–Trinajstić information content (AvgIpc) is 3.31. The van der Waals surface area contributed by atoms with Crippen LogP contribution in [0.15, 0.2) is 58.5 Å². The SMILES string of the molecule is COC(=O)C1=C(C)N(c2cccc(C(F)(F)F)c2)c2n[nH]c(=O)n2[C@@H]1c1ccc(C#N)cc1CC[N+](C)(C)CCO. The lowest BCUT2D eigenvalue weighted by Crippen LogP contribution is -2.43. The van der Waals surface area contributed by atoms with Crippen molar-refractivity contribution < 1.29 is 32.3 Å². The van der Waals surface area contributed by atoms with Crippen molar-refractivity contribution in [3.05, 3.63) is 86.5 Å². The summed E-state index contributed by atoms with van der Waals surface area (Å²) >= 11 is 0. The molecule has 216 valence electrons. The number of allylic oxidation sites excluding steroid dienone is 1. The van der Waals surface area contributed by atoms with Crippen LogP contribution in [-0.2, 0) is 22.1 Å². The molecule has 3 aromatic rings. The number of methoxy groups -OCH3 is 1. The Morgan fingerprint density at radius 1 is 1.22 bits per heavy atom. The highest BCUT2D eigenvalue weighted by Gasteiger charge is 2.41. The van der Waals surface area contributed by atoms with E-state index in [-0.39, 0.29) is 29.5 Å². The summed E-state index contributed by atoms with van der Waals surface area (Å²) in [6.45, 7) is 2.58. The largest absolute Gasteiger partial charge is 0.466 e. The Labute approximate surface area is 234 Å². The van der Waals surface area contributed by atoms with Crippen molar-refractivity contribution >= 4 is 17.6 Å². The van der Waals surface area contributed by atoms with E-state index < -0.39 is 29.4 Å². The summed E-state index contributed by atoms with van der Waals surface area (Å²) in [6.07, 6.45) is -4.19. The number of nitriles is 1. The zero-order chi connectivity index (χ0) is 30.1. The molecule has 0 unspecified atom stereocenters. The van der Waals surface area contributed by atoms with Gasteiger partial charge >= 0.3 is 17.8 Å². The standard InChI is InChI=1S/C28H29F3N6O4/c1-17-23(25(39)41-4)24(22-9-8-18(16-32)14-19(22)10-11-37(2,3)12-13-38)36-26(33-34-27(36)40)35(17)21-7-5-6-20(15-21)28(29,30)31/h5-9,14-15,24,38H,10-13H2,1-4H3/p+1/t24-/m1/s1. The molecule has 0 spiro atoms. The number of hydrogen-bond donors (Lipinski definition) is 2. The number of aliphatic hydroxyl groups is 1. The molecular weight excluding hydrogens is 541 g/mol. The third-order valence-electron chi connectivity index (χ3n) is 7.24. The maximum atomic E-state index is 13.6. The van der Waals surface area contributed by atoms with E-state index in [0.717, 1.165) is 12.1 Å². The van der Waals surface area contributed by atoms with Gasteiger partial charge in [-0.15, -0.1) is 5.10 Å². The van der Waals surface area contributed by atoms with E-state index >= 15 is 0 Å². The molecule has 0 saturated carbocycles. The summed E-state index contributed by atoms with van der Waals surface area (Å²) in [5, 5.41) is 25.5. The number of likely N-dealkylation sites (N-methyl/N-ethyl adjacent to an activating group) is 1. The van der Waals surface area contributed by atoms with Crippen LogP contribution in [0.25, 0.3) is 0 Å². The monoisotopic (exact) mass is 571 g/mol. The second-order valence-electron chi connectivity index (χ2n) is 10.4. The number of carbonyl (C=O) groups is 1.